The largest absolute Gasteiger partial charge is 0.378 e. The Morgan fingerprint density at radius 3 is 2.22 bits per heavy atom. The predicted molar refractivity (Wildman–Crippen MR) is 93.9 cm³/mol. The van der Waals surface area contributed by atoms with E-state index in [1.807, 2.05) is 24.3 Å². The first-order chi connectivity index (χ1) is 11.1. The maximum absolute atomic E-state index is 12.2. The number of ether oxygens (including phenoxy) is 1. The van der Waals surface area contributed by atoms with Gasteiger partial charge in [0.05, 0.1) is 13.2 Å². The SMILES string of the molecule is O=C(Nc1ccc(N2CCOCC2)cc1)c1cc(Cl)cc(Cl)c1. The van der Waals surface area contributed by atoms with Crippen LogP contribution >= 0.6 is 23.2 Å². The fourth-order valence-electron chi connectivity index (χ4n) is 2.47. The minimum Gasteiger partial charge on any atom is -0.378 e. The Kier molecular flexibility index (Phi) is 5.06. The first-order valence-electron chi connectivity index (χ1n) is 7.32. The van der Waals surface area contributed by atoms with Crippen molar-refractivity contribution in [1.29, 1.82) is 0 Å². The second-order valence-electron chi connectivity index (χ2n) is 5.26. The Hall–Kier alpha value is -1.75. The van der Waals surface area contributed by atoms with Crippen molar-refractivity contribution in [1.82, 2.24) is 0 Å². The molecule has 1 N–H and O–H groups in total. The van der Waals surface area contributed by atoms with E-state index < -0.39 is 0 Å². The Bertz CT molecular complexity index is 678. The molecule has 2 aromatic rings. The molecule has 0 aliphatic carbocycles. The second kappa shape index (κ2) is 7.21. The summed E-state index contributed by atoms with van der Waals surface area (Å²) in [5.74, 6) is -0.242. The monoisotopic (exact) mass is 350 g/mol. The summed E-state index contributed by atoms with van der Waals surface area (Å²) in [6, 6.07) is 12.5. The number of hydrogen-bond acceptors (Lipinski definition) is 3. The van der Waals surface area contributed by atoms with Gasteiger partial charge >= 0.3 is 0 Å². The van der Waals surface area contributed by atoms with Gasteiger partial charge in [-0.2, -0.15) is 0 Å². The van der Waals surface area contributed by atoms with Gasteiger partial charge in [-0.15, -0.1) is 0 Å². The average Bonchev–Trinajstić information content (AvgIpc) is 2.55. The number of anilines is 2. The number of halogens is 2. The highest BCUT2D eigenvalue weighted by Gasteiger charge is 2.12. The quantitative estimate of drug-likeness (QED) is 0.906. The molecule has 6 heteroatoms. The summed E-state index contributed by atoms with van der Waals surface area (Å²) < 4.78 is 5.35. The Labute approximate surface area is 144 Å². The van der Waals surface area contributed by atoms with E-state index in [9.17, 15) is 4.79 Å². The van der Waals surface area contributed by atoms with Gasteiger partial charge in [0.15, 0.2) is 0 Å². The standard InChI is InChI=1S/C17H16Cl2N2O2/c18-13-9-12(10-14(19)11-13)17(22)20-15-1-3-16(4-2-15)21-5-7-23-8-6-21/h1-4,9-11H,5-8H2,(H,20,22). The van der Waals surface area contributed by atoms with Crippen LogP contribution in [0.25, 0.3) is 0 Å². The van der Waals surface area contributed by atoms with E-state index in [1.165, 1.54) is 0 Å². The number of amides is 1. The number of rotatable bonds is 3. The number of carbonyl (C=O) groups is 1. The van der Waals surface area contributed by atoms with Gasteiger partial charge in [-0.1, -0.05) is 23.2 Å². The molecule has 2 aromatic carbocycles. The fourth-order valence-corrected chi connectivity index (χ4v) is 2.99. The molecule has 23 heavy (non-hydrogen) atoms. The number of morpholine rings is 1. The van der Waals surface area contributed by atoms with E-state index in [0.29, 0.717) is 15.6 Å². The van der Waals surface area contributed by atoms with Gasteiger partial charge in [0.25, 0.3) is 5.91 Å². The molecular weight excluding hydrogens is 335 g/mol. The van der Waals surface area contributed by atoms with Crippen molar-refractivity contribution in [2.24, 2.45) is 0 Å². The minimum atomic E-state index is -0.242. The molecule has 1 amide bonds. The molecule has 0 unspecified atom stereocenters. The third-order valence-electron chi connectivity index (χ3n) is 3.63. The van der Waals surface area contributed by atoms with E-state index >= 15 is 0 Å². The van der Waals surface area contributed by atoms with Crippen LogP contribution in [0.4, 0.5) is 11.4 Å². The molecule has 0 radical (unpaired) electrons. The summed E-state index contributed by atoms with van der Waals surface area (Å²) in [5, 5.41) is 3.71. The first kappa shape index (κ1) is 16.1. The van der Waals surface area contributed by atoms with Crippen LogP contribution < -0.4 is 10.2 Å². The van der Waals surface area contributed by atoms with Crippen molar-refractivity contribution < 1.29 is 9.53 Å². The van der Waals surface area contributed by atoms with E-state index in [1.54, 1.807) is 18.2 Å². The molecule has 0 saturated carbocycles. The van der Waals surface area contributed by atoms with Gasteiger partial charge in [0.2, 0.25) is 0 Å². The number of hydrogen-bond donors (Lipinski definition) is 1. The lowest BCUT2D eigenvalue weighted by atomic mass is 10.2. The highest BCUT2D eigenvalue weighted by atomic mass is 35.5. The van der Waals surface area contributed by atoms with Gasteiger partial charge in [-0.25, -0.2) is 0 Å². The van der Waals surface area contributed by atoms with Crippen molar-refractivity contribution in [3.8, 4) is 0 Å². The number of carbonyl (C=O) groups excluding carboxylic acids is 1. The third-order valence-corrected chi connectivity index (χ3v) is 4.06. The molecule has 3 rings (SSSR count). The zero-order valence-corrected chi connectivity index (χ0v) is 13.9. The van der Waals surface area contributed by atoms with Crippen LogP contribution in [-0.2, 0) is 4.74 Å². The molecule has 0 aromatic heterocycles. The maximum Gasteiger partial charge on any atom is 0.255 e. The summed E-state index contributed by atoms with van der Waals surface area (Å²) >= 11 is 11.8. The van der Waals surface area contributed by atoms with Gasteiger partial charge in [0.1, 0.15) is 0 Å². The van der Waals surface area contributed by atoms with Crippen LogP contribution in [-0.4, -0.2) is 32.2 Å². The lowest BCUT2D eigenvalue weighted by Gasteiger charge is -2.28. The first-order valence-corrected chi connectivity index (χ1v) is 8.07. The highest BCUT2D eigenvalue weighted by Crippen LogP contribution is 2.22. The molecule has 4 nitrogen and oxygen atoms in total. The van der Waals surface area contributed by atoms with E-state index in [4.69, 9.17) is 27.9 Å². The second-order valence-corrected chi connectivity index (χ2v) is 6.13. The van der Waals surface area contributed by atoms with E-state index in [2.05, 4.69) is 10.2 Å². The fraction of sp³-hybridized carbons (Fsp3) is 0.235. The summed E-state index contributed by atoms with van der Waals surface area (Å²) in [6.45, 7) is 3.25. The normalized spacial score (nSPS) is 14.6. The lowest BCUT2D eigenvalue weighted by molar-refractivity contribution is 0.102. The number of nitrogens with zero attached hydrogens (tertiary/aromatic N) is 1. The van der Waals surface area contributed by atoms with Gasteiger partial charge in [0, 0.05) is 40.1 Å². The molecule has 1 fully saturated rings. The van der Waals surface area contributed by atoms with Crippen molar-refractivity contribution in [3.63, 3.8) is 0 Å². The summed E-state index contributed by atoms with van der Waals surface area (Å²) in [4.78, 5) is 14.5. The zero-order chi connectivity index (χ0) is 16.2. The van der Waals surface area contributed by atoms with Crippen LogP contribution in [0.5, 0.6) is 0 Å². The van der Waals surface area contributed by atoms with Crippen LogP contribution in [0.3, 0.4) is 0 Å². The van der Waals surface area contributed by atoms with Crippen molar-refractivity contribution in [2.45, 2.75) is 0 Å². The van der Waals surface area contributed by atoms with Crippen LogP contribution in [0.1, 0.15) is 10.4 Å². The maximum atomic E-state index is 12.2. The summed E-state index contributed by atoms with van der Waals surface area (Å²) in [7, 11) is 0. The zero-order valence-electron chi connectivity index (χ0n) is 12.4. The molecule has 1 aliphatic heterocycles. The topological polar surface area (TPSA) is 41.6 Å². The number of nitrogens with one attached hydrogen (secondary N) is 1. The average molecular weight is 351 g/mol. The van der Waals surface area contributed by atoms with Crippen molar-refractivity contribution in [3.05, 3.63) is 58.1 Å². The third kappa shape index (κ3) is 4.16. The van der Waals surface area contributed by atoms with Crippen LogP contribution in [0, 0.1) is 0 Å². The molecular formula is C17H16Cl2N2O2. The molecule has 1 aliphatic rings. The predicted octanol–water partition coefficient (Wildman–Crippen LogP) is 4.08. The minimum absolute atomic E-state index is 0.242. The Morgan fingerprint density at radius 1 is 1.00 bits per heavy atom. The van der Waals surface area contributed by atoms with Crippen LogP contribution in [0.15, 0.2) is 42.5 Å². The molecule has 1 heterocycles. The van der Waals surface area contributed by atoms with Gasteiger partial charge in [-0.05, 0) is 42.5 Å². The number of benzene rings is 2. The smallest absolute Gasteiger partial charge is 0.255 e. The molecule has 0 spiro atoms. The van der Waals surface area contributed by atoms with Crippen molar-refractivity contribution >= 4 is 40.5 Å². The van der Waals surface area contributed by atoms with E-state index in [-0.39, 0.29) is 5.91 Å². The Morgan fingerprint density at radius 2 is 1.61 bits per heavy atom. The summed E-state index contributed by atoms with van der Waals surface area (Å²) in [6.07, 6.45) is 0. The lowest BCUT2D eigenvalue weighted by Crippen LogP contribution is -2.36. The molecule has 0 bridgehead atoms. The summed E-state index contributed by atoms with van der Waals surface area (Å²) in [5.41, 5.74) is 2.28. The van der Waals surface area contributed by atoms with Gasteiger partial charge in [-0.3, -0.25) is 4.79 Å². The molecule has 120 valence electrons. The van der Waals surface area contributed by atoms with Gasteiger partial charge < -0.3 is 15.0 Å². The van der Waals surface area contributed by atoms with Crippen LogP contribution in [0.2, 0.25) is 10.0 Å². The Balaban J connectivity index is 1.68. The molecule has 0 atom stereocenters. The highest BCUT2D eigenvalue weighted by molar-refractivity contribution is 6.35. The van der Waals surface area contributed by atoms with E-state index in [0.717, 1.165) is 37.7 Å². The van der Waals surface area contributed by atoms with Crippen molar-refractivity contribution in [2.75, 3.05) is 36.5 Å². The molecule has 1 saturated heterocycles.